The normalized spacial score (nSPS) is 15.8. The van der Waals surface area contributed by atoms with Gasteiger partial charge in [0.05, 0.1) is 17.2 Å². The molecule has 0 saturated carbocycles. The highest BCUT2D eigenvalue weighted by molar-refractivity contribution is 7.09. The van der Waals surface area contributed by atoms with Crippen molar-refractivity contribution in [1.82, 2.24) is 25.3 Å². The molecule has 2 aromatic heterocycles. The predicted octanol–water partition coefficient (Wildman–Crippen LogP) is 3.06. The van der Waals surface area contributed by atoms with Crippen LogP contribution in [0.2, 0.25) is 0 Å². The van der Waals surface area contributed by atoms with Gasteiger partial charge in [0.1, 0.15) is 11.5 Å². The first-order valence-corrected chi connectivity index (χ1v) is 10.5. The van der Waals surface area contributed by atoms with Crippen LogP contribution in [0.3, 0.4) is 0 Å². The molecular formula is C19H29N5O2S. The minimum Gasteiger partial charge on any atom is -0.361 e. The molecule has 1 aliphatic rings. The Morgan fingerprint density at radius 3 is 2.81 bits per heavy atom. The number of urea groups is 1. The number of carbonyl (C=O) groups is 1. The lowest BCUT2D eigenvalue weighted by Gasteiger charge is -2.31. The molecule has 0 spiro atoms. The molecule has 0 bridgehead atoms. The number of thiazole rings is 1. The number of aryl methyl sites for hydroxylation is 2. The number of nitrogens with one attached hydrogen (secondary N) is 1. The molecular weight excluding hydrogens is 362 g/mol. The number of aromatic nitrogens is 2. The molecule has 2 aromatic rings. The van der Waals surface area contributed by atoms with E-state index in [2.05, 4.69) is 32.7 Å². The molecule has 2 amide bonds. The Kier molecular flexibility index (Phi) is 6.84. The van der Waals surface area contributed by atoms with Gasteiger partial charge in [-0.2, -0.15) is 0 Å². The van der Waals surface area contributed by atoms with Crippen LogP contribution in [0.5, 0.6) is 0 Å². The number of amides is 2. The maximum atomic E-state index is 12.3. The third kappa shape index (κ3) is 5.77. The van der Waals surface area contributed by atoms with Crippen molar-refractivity contribution in [1.29, 1.82) is 0 Å². The molecule has 0 radical (unpaired) electrons. The van der Waals surface area contributed by atoms with Gasteiger partial charge in [0.2, 0.25) is 0 Å². The zero-order valence-corrected chi connectivity index (χ0v) is 17.2. The Labute approximate surface area is 164 Å². The fraction of sp³-hybridized carbons (Fsp3) is 0.632. The van der Waals surface area contributed by atoms with Crippen LogP contribution >= 0.6 is 11.3 Å². The first-order valence-electron chi connectivity index (χ1n) is 9.60. The lowest BCUT2D eigenvalue weighted by Crippen LogP contribution is -2.42. The lowest BCUT2D eigenvalue weighted by atomic mass is 9.97. The lowest BCUT2D eigenvalue weighted by molar-refractivity contribution is 0.169. The number of hydrogen-bond donors (Lipinski definition) is 1. The van der Waals surface area contributed by atoms with E-state index in [-0.39, 0.29) is 6.03 Å². The van der Waals surface area contributed by atoms with Gasteiger partial charge in [-0.1, -0.05) is 12.1 Å². The van der Waals surface area contributed by atoms with Crippen LogP contribution in [0.15, 0.2) is 16.0 Å². The van der Waals surface area contributed by atoms with Crippen molar-refractivity contribution in [3.63, 3.8) is 0 Å². The van der Waals surface area contributed by atoms with Crippen LogP contribution < -0.4 is 5.32 Å². The fourth-order valence-corrected chi connectivity index (χ4v) is 4.07. The topological polar surface area (TPSA) is 74.5 Å². The summed E-state index contributed by atoms with van der Waals surface area (Å²) in [6, 6.07) is 1.79. The number of likely N-dealkylation sites (tertiary alicyclic amines) is 1. The van der Waals surface area contributed by atoms with Crippen LogP contribution in [0, 0.1) is 12.8 Å². The second kappa shape index (κ2) is 9.32. The Morgan fingerprint density at radius 2 is 2.19 bits per heavy atom. The highest BCUT2D eigenvalue weighted by Crippen LogP contribution is 2.19. The van der Waals surface area contributed by atoms with Crippen LogP contribution in [0.4, 0.5) is 4.79 Å². The van der Waals surface area contributed by atoms with E-state index in [4.69, 9.17) is 4.52 Å². The van der Waals surface area contributed by atoms with Gasteiger partial charge in [0.25, 0.3) is 0 Å². The maximum Gasteiger partial charge on any atom is 0.317 e. The summed E-state index contributed by atoms with van der Waals surface area (Å²) in [6.45, 7) is 8.24. The molecule has 0 aromatic carbocycles. The van der Waals surface area contributed by atoms with Crippen LogP contribution in [0.1, 0.15) is 41.9 Å². The highest BCUT2D eigenvalue weighted by Gasteiger charge is 2.21. The summed E-state index contributed by atoms with van der Waals surface area (Å²) in [5, 5.41) is 10.4. The molecule has 3 rings (SSSR count). The molecule has 1 fully saturated rings. The van der Waals surface area contributed by atoms with Crippen molar-refractivity contribution in [3.8, 4) is 0 Å². The van der Waals surface area contributed by atoms with E-state index in [0.29, 0.717) is 12.5 Å². The van der Waals surface area contributed by atoms with Gasteiger partial charge in [-0.15, -0.1) is 11.3 Å². The third-order valence-electron chi connectivity index (χ3n) is 4.96. The molecule has 1 aliphatic heterocycles. The smallest absolute Gasteiger partial charge is 0.317 e. The van der Waals surface area contributed by atoms with E-state index in [1.165, 1.54) is 10.7 Å². The molecule has 0 unspecified atom stereocenters. The molecule has 148 valence electrons. The first kappa shape index (κ1) is 19.8. The Bertz CT molecular complexity index is 736. The van der Waals surface area contributed by atoms with Gasteiger partial charge in [-0.3, -0.25) is 4.90 Å². The summed E-state index contributed by atoms with van der Waals surface area (Å²) in [5.74, 6) is 1.30. The van der Waals surface area contributed by atoms with E-state index in [9.17, 15) is 4.79 Å². The van der Waals surface area contributed by atoms with Crippen molar-refractivity contribution < 1.29 is 9.32 Å². The quantitative estimate of drug-likeness (QED) is 0.785. The van der Waals surface area contributed by atoms with E-state index >= 15 is 0 Å². The van der Waals surface area contributed by atoms with Gasteiger partial charge in [0, 0.05) is 31.6 Å². The predicted molar refractivity (Wildman–Crippen MR) is 106 cm³/mol. The van der Waals surface area contributed by atoms with Crippen molar-refractivity contribution in [2.45, 2.75) is 46.2 Å². The molecule has 27 heavy (non-hydrogen) atoms. The first-order chi connectivity index (χ1) is 13.0. The molecule has 3 heterocycles. The largest absolute Gasteiger partial charge is 0.361 e. The summed E-state index contributed by atoms with van der Waals surface area (Å²) in [7, 11) is 1.78. The standard InChI is InChI=1S/C19H29N5O2S/c1-4-18-21-17(13-27-18)12-24-7-5-15(6-8-24)10-20-19(25)23(3)11-16-9-14(2)26-22-16/h9,13,15H,4-8,10-12H2,1-3H3,(H,20,25). The second-order valence-corrected chi connectivity index (χ2v) is 8.22. The highest BCUT2D eigenvalue weighted by atomic mass is 32.1. The van der Waals surface area contributed by atoms with E-state index in [0.717, 1.165) is 56.9 Å². The van der Waals surface area contributed by atoms with Crippen molar-refractivity contribution in [2.24, 2.45) is 5.92 Å². The summed E-state index contributed by atoms with van der Waals surface area (Å²) in [4.78, 5) is 21.0. The van der Waals surface area contributed by atoms with Gasteiger partial charge in [-0.05, 0) is 45.2 Å². The molecule has 0 aliphatic carbocycles. The van der Waals surface area contributed by atoms with Gasteiger partial charge < -0.3 is 14.7 Å². The summed E-state index contributed by atoms with van der Waals surface area (Å²) in [5.41, 5.74) is 1.96. The summed E-state index contributed by atoms with van der Waals surface area (Å²) >= 11 is 1.75. The SMILES string of the molecule is CCc1nc(CN2CCC(CNC(=O)N(C)Cc3cc(C)on3)CC2)cs1. The minimum absolute atomic E-state index is 0.0624. The maximum absolute atomic E-state index is 12.3. The summed E-state index contributed by atoms with van der Waals surface area (Å²) in [6.07, 6.45) is 3.23. The van der Waals surface area contributed by atoms with Crippen molar-refractivity contribution >= 4 is 17.4 Å². The van der Waals surface area contributed by atoms with Crippen LogP contribution in [0.25, 0.3) is 0 Å². The second-order valence-electron chi connectivity index (χ2n) is 7.28. The molecule has 1 N–H and O–H groups in total. The van der Waals surface area contributed by atoms with Gasteiger partial charge in [0.15, 0.2) is 0 Å². The molecule has 1 saturated heterocycles. The van der Waals surface area contributed by atoms with Gasteiger partial charge in [-0.25, -0.2) is 9.78 Å². The number of hydrogen-bond acceptors (Lipinski definition) is 6. The van der Waals surface area contributed by atoms with Crippen LogP contribution in [-0.4, -0.2) is 52.7 Å². The van der Waals surface area contributed by atoms with Crippen molar-refractivity contribution in [3.05, 3.63) is 33.6 Å². The average molecular weight is 392 g/mol. The number of piperidine rings is 1. The Hall–Kier alpha value is -1.93. The molecule has 0 atom stereocenters. The fourth-order valence-electron chi connectivity index (χ4n) is 3.34. The van der Waals surface area contributed by atoms with E-state index in [1.54, 1.807) is 23.3 Å². The van der Waals surface area contributed by atoms with Crippen LogP contribution in [-0.2, 0) is 19.5 Å². The number of carbonyl (C=O) groups excluding carboxylic acids is 1. The van der Waals surface area contributed by atoms with E-state index < -0.39 is 0 Å². The minimum atomic E-state index is -0.0624. The number of rotatable bonds is 7. The Balaban J connectivity index is 1.35. The van der Waals surface area contributed by atoms with E-state index in [1.807, 2.05) is 13.0 Å². The van der Waals surface area contributed by atoms with Gasteiger partial charge >= 0.3 is 6.03 Å². The summed E-state index contributed by atoms with van der Waals surface area (Å²) < 4.78 is 5.04. The monoisotopic (exact) mass is 391 g/mol. The molecule has 8 heteroatoms. The third-order valence-corrected chi connectivity index (χ3v) is 6.00. The zero-order chi connectivity index (χ0) is 19.2. The van der Waals surface area contributed by atoms with Crippen molar-refractivity contribution in [2.75, 3.05) is 26.7 Å². The Morgan fingerprint density at radius 1 is 1.41 bits per heavy atom. The zero-order valence-electron chi connectivity index (χ0n) is 16.4. The average Bonchev–Trinajstić information content (AvgIpc) is 3.29. The number of nitrogens with zero attached hydrogens (tertiary/aromatic N) is 4. The molecule has 7 nitrogen and oxygen atoms in total.